The first-order valence-electron chi connectivity index (χ1n) is 8.51. The zero-order valence-electron chi connectivity index (χ0n) is 14.0. The molecule has 132 valence electrons. The van der Waals surface area contributed by atoms with E-state index in [9.17, 15) is 8.42 Å². The van der Waals surface area contributed by atoms with Gasteiger partial charge in [-0.1, -0.05) is 37.0 Å². The van der Waals surface area contributed by atoms with Gasteiger partial charge in [0, 0.05) is 10.6 Å². The van der Waals surface area contributed by atoms with Crippen LogP contribution in [0.2, 0.25) is 10.0 Å². The van der Waals surface area contributed by atoms with Crippen molar-refractivity contribution in [2.75, 3.05) is 0 Å². The fourth-order valence-corrected chi connectivity index (χ4v) is 8.78. The average molecular weight is 388 g/mol. The summed E-state index contributed by atoms with van der Waals surface area (Å²) in [5.41, 5.74) is 0.172. The van der Waals surface area contributed by atoms with Gasteiger partial charge in [-0.2, -0.15) is 0 Å². The average Bonchev–Trinajstić information content (AvgIpc) is 2.31. The van der Waals surface area contributed by atoms with E-state index in [0.29, 0.717) is 10.9 Å². The van der Waals surface area contributed by atoms with E-state index in [1.807, 2.05) is 0 Å². The number of benzene rings is 1. The van der Waals surface area contributed by atoms with Crippen molar-refractivity contribution in [2.24, 2.45) is 16.7 Å². The first kappa shape index (κ1) is 17.1. The summed E-state index contributed by atoms with van der Waals surface area (Å²) in [6.07, 6.45) is 6.47. The van der Waals surface area contributed by atoms with Crippen LogP contribution in [-0.4, -0.2) is 14.0 Å². The maximum atomic E-state index is 13.0. The van der Waals surface area contributed by atoms with E-state index in [2.05, 4.69) is 18.6 Å². The zero-order valence-corrected chi connectivity index (χ0v) is 16.4. The van der Waals surface area contributed by atoms with Crippen LogP contribution in [0.5, 0.6) is 0 Å². The molecule has 0 aliphatic heterocycles. The van der Waals surface area contributed by atoms with Gasteiger partial charge in [-0.15, -0.1) is 0 Å². The van der Waals surface area contributed by atoms with Crippen molar-refractivity contribution in [1.82, 2.24) is 4.72 Å². The van der Waals surface area contributed by atoms with Gasteiger partial charge in [0.1, 0.15) is 4.90 Å². The summed E-state index contributed by atoms with van der Waals surface area (Å²) in [6, 6.07) is 4.56. The maximum Gasteiger partial charge on any atom is 0.242 e. The fourth-order valence-electron chi connectivity index (χ4n) is 6.59. The van der Waals surface area contributed by atoms with Crippen LogP contribution in [0.25, 0.3) is 0 Å². The molecule has 4 bridgehead atoms. The highest BCUT2D eigenvalue weighted by Gasteiger charge is 2.61. The van der Waals surface area contributed by atoms with Crippen molar-refractivity contribution in [3.63, 3.8) is 0 Å². The molecule has 24 heavy (non-hydrogen) atoms. The van der Waals surface area contributed by atoms with Crippen LogP contribution >= 0.6 is 23.2 Å². The minimum atomic E-state index is -3.66. The molecular weight excluding hydrogens is 365 g/mol. The topological polar surface area (TPSA) is 46.2 Å². The summed E-state index contributed by atoms with van der Waals surface area (Å²) in [4.78, 5) is 0.125. The van der Waals surface area contributed by atoms with E-state index in [1.54, 1.807) is 6.07 Å². The zero-order chi connectivity index (χ0) is 17.4. The molecule has 0 spiro atoms. The van der Waals surface area contributed by atoms with E-state index in [1.165, 1.54) is 31.4 Å². The molecule has 6 heteroatoms. The van der Waals surface area contributed by atoms with Crippen molar-refractivity contribution in [1.29, 1.82) is 0 Å². The molecule has 2 atom stereocenters. The normalized spacial score (nSPS) is 40.9. The van der Waals surface area contributed by atoms with Crippen LogP contribution < -0.4 is 4.72 Å². The van der Waals surface area contributed by atoms with Crippen LogP contribution in [0, 0.1) is 16.7 Å². The Balaban J connectivity index is 1.69. The van der Waals surface area contributed by atoms with Gasteiger partial charge in [-0.05, 0) is 73.5 Å². The molecule has 0 aromatic heterocycles. The highest BCUT2D eigenvalue weighted by Crippen LogP contribution is 2.66. The summed E-state index contributed by atoms with van der Waals surface area (Å²) in [6.45, 7) is 4.65. The number of hydrogen-bond acceptors (Lipinski definition) is 2. The third kappa shape index (κ3) is 2.80. The van der Waals surface area contributed by atoms with Gasteiger partial charge < -0.3 is 0 Å². The Hall–Kier alpha value is -0.290. The Kier molecular flexibility index (Phi) is 3.66. The quantitative estimate of drug-likeness (QED) is 0.790. The van der Waals surface area contributed by atoms with Gasteiger partial charge >= 0.3 is 0 Å². The molecule has 4 fully saturated rings. The van der Waals surface area contributed by atoms with Crippen LogP contribution in [-0.2, 0) is 10.0 Å². The lowest BCUT2D eigenvalue weighted by Gasteiger charge is -2.65. The third-order valence-electron chi connectivity index (χ3n) is 6.16. The van der Waals surface area contributed by atoms with Gasteiger partial charge in [0.25, 0.3) is 0 Å². The van der Waals surface area contributed by atoms with E-state index in [4.69, 9.17) is 23.2 Å². The van der Waals surface area contributed by atoms with Crippen molar-refractivity contribution in [3.05, 3.63) is 28.2 Å². The van der Waals surface area contributed by atoms with E-state index in [-0.39, 0.29) is 26.3 Å². The highest BCUT2D eigenvalue weighted by atomic mass is 35.5. The van der Waals surface area contributed by atoms with Gasteiger partial charge in [0.05, 0.1) is 5.02 Å². The molecule has 0 radical (unpaired) electrons. The largest absolute Gasteiger partial charge is 0.242 e. The molecular formula is C18H23Cl2NO2S. The SMILES string of the molecule is CC12CC3CC(C)(C1)CC(NS(=O)(=O)c1ccc(Cl)cc1Cl)(C3)C2. The Morgan fingerprint density at radius 1 is 1.04 bits per heavy atom. The highest BCUT2D eigenvalue weighted by molar-refractivity contribution is 7.89. The molecule has 0 heterocycles. The van der Waals surface area contributed by atoms with Crippen LogP contribution in [0.15, 0.2) is 23.1 Å². The molecule has 1 aromatic carbocycles. The van der Waals surface area contributed by atoms with Gasteiger partial charge in [0.15, 0.2) is 0 Å². The maximum absolute atomic E-state index is 13.0. The van der Waals surface area contributed by atoms with Crippen LogP contribution in [0.4, 0.5) is 0 Å². The Labute approximate surface area is 154 Å². The van der Waals surface area contributed by atoms with Crippen molar-refractivity contribution < 1.29 is 8.42 Å². The lowest BCUT2D eigenvalue weighted by atomic mass is 9.43. The molecule has 0 amide bonds. The summed E-state index contributed by atoms with van der Waals surface area (Å²) < 4.78 is 29.1. The molecule has 1 N–H and O–H groups in total. The minimum Gasteiger partial charge on any atom is -0.207 e. The molecule has 4 aliphatic rings. The minimum absolute atomic E-state index is 0.125. The second kappa shape index (κ2) is 5.12. The summed E-state index contributed by atoms with van der Waals surface area (Å²) >= 11 is 12.1. The summed E-state index contributed by atoms with van der Waals surface area (Å²) in [7, 11) is -3.66. The Morgan fingerprint density at radius 3 is 2.21 bits per heavy atom. The van der Waals surface area contributed by atoms with Crippen LogP contribution in [0.1, 0.15) is 52.4 Å². The molecule has 1 aromatic rings. The predicted octanol–water partition coefficient (Wildman–Crippen LogP) is 5.02. The Morgan fingerprint density at radius 2 is 1.67 bits per heavy atom. The number of nitrogens with one attached hydrogen (secondary N) is 1. The number of halogens is 2. The molecule has 4 aliphatic carbocycles. The molecule has 3 nitrogen and oxygen atoms in total. The lowest BCUT2D eigenvalue weighted by molar-refractivity contribution is -0.110. The van der Waals surface area contributed by atoms with E-state index >= 15 is 0 Å². The number of rotatable bonds is 3. The number of hydrogen-bond donors (Lipinski definition) is 1. The summed E-state index contributed by atoms with van der Waals surface area (Å²) in [5.74, 6) is 0.625. The lowest BCUT2D eigenvalue weighted by Crippen LogP contribution is -2.65. The predicted molar refractivity (Wildman–Crippen MR) is 96.9 cm³/mol. The second-order valence-corrected chi connectivity index (χ2v) is 11.6. The molecule has 5 rings (SSSR count). The number of sulfonamides is 1. The molecule has 0 saturated heterocycles. The monoisotopic (exact) mass is 387 g/mol. The third-order valence-corrected chi connectivity index (χ3v) is 8.46. The van der Waals surface area contributed by atoms with Gasteiger partial charge in [-0.3, -0.25) is 0 Å². The standard InChI is InChI=1S/C18H23Cl2NO2S/c1-16-6-12-7-17(2,9-16)11-18(8-12,10-16)21-24(22,23)15-4-3-13(19)5-14(15)20/h3-5,12,21H,6-11H2,1-2H3. The van der Waals surface area contributed by atoms with Gasteiger partial charge in [-0.25, -0.2) is 13.1 Å². The molecule has 4 saturated carbocycles. The second-order valence-electron chi connectivity index (χ2n) is 9.09. The van der Waals surface area contributed by atoms with Crippen molar-refractivity contribution in [2.45, 2.75) is 62.8 Å². The fraction of sp³-hybridized carbons (Fsp3) is 0.667. The van der Waals surface area contributed by atoms with Gasteiger partial charge in [0.2, 0.25) is 10.0 Å². The van der Waals surface area contributed by atoms with Crippen molar-refractivity contribution >= 4 is 33.2 Å². The van der Waals surface area contributed by atoms with Crippen molar-refractivity contribution in [3.8, 4) is 0 Å². The van der Waals surface area contributed by atoms with E-state index in [0.717, 1.165) is 19.3 Å². The first-order chi connectivity index (χ1) is 11.0. The molecule has 2 unspecified atom stereocenters. The first-order valence-corrected chi connectivity index (χ1v) is 10.8. The summed E-state index contributed by atoms with van der Waals surface area (Å²) in [5, 5.41) is 0.617. The Bertz CT molecular complexity index is 789. The van der Waals surface area contributed by atoms with E-state index < -0.39 is 10.0 Å². The smallest absolute Gasteiger partial charge is 0.207 e. The van der Waals surface area contributed by atoms with Crippen LogP contribution in [0.3, 0.4) is 0 Å².